The van der Waals surface area contributed by atoms with Crippen molar-refractivity contribution < 1.29 is 23.2 Å². The second-order valence-electron chi connectivity index (χ2n) is 6.57. The Morgan fingerprint density at radius 3 is 2.73 bits per heavy atom. The summed E-state index contributed by atoms with van der Waals surface area (Å²) in [4.78, 5) is 16.3. The number of aromatic carboxylic acids is 1. The van der Waals surface area contributed by atoms with Gasteiger partial charge >= 0.3 is 5.97 Å². The van der Waals surface area contributed by atoms with Crippen molar-refractivity contribution in [1.29, 1.82) is 0 Å². The Bertz CT molecular complexity index is 1150. The summed E-state index contributed by atoms with van der Waals surface area (Å²) in [6.45, 7) is 1.85. The molecule has 1 saturated heterocycles. The summed E-state index contributed by atoms with van der Waals surface area (Å²) < 4.78 is 34.3. The predicted octanol–water partition coefficient (Wildman–Crippen LogP) is 3.82. The lowest BCUT2D eigenvalue weighted by Gasteiger charge is -2.26. The van der Waals surface area contributed by atoms with Gasteiger partial charge in [-0.1, -0.05) is 11.6 Å². The number of ether oxygens (including phenoxy) is 1. The number of hydrogen-bond acceptors (Lipinski definition) is 5. The van der Waals surface area contributed by atoms with Crippen LogP contribution in [-0.2, 0) is 15.7 Å². The number of carbonyl (C=O) groups is 1. The van der Waals surface area contributed by atoms with E-state index >= 15 is 0 Å². The van der Waals surface area contributed by atoms with Gasteiger partial charge in [-0.05, 0) is 36.4 Å². The van der Waals surface area contributed by atoms with Gasteiger partial charge in [0, 0.05) is 29.7 Å². The highest BCUT2D eigenvalue weighted by Gasteiger charge is 2.24. The van der Waals surface area contributed by atoms with Crippen LogP contribution in [0, 0.1) is 5.82 Å². The predicted molar refractivity (Wildman–Crippen MR) is 112 cm³/mol. The van der Waals surface area contributed by atoms with Crippen LogP contribution in [0.3, 0.4) is 0 Å². The van der Waals surface area contributed by atoms with Crippen LogP contribution in [0.25, 0.3) is 10.9 Å². The summed E-state index contributed by atoms with van der Waals surface area (Å²) in [7, 11) is -1.60. The minimum atomic E-state index is -1.60. The molecule has 10 heteroatoms. The number of rotatable bonds is 5. The van der Waals surface area contributed by atoms with E-state index in [2.05, 4.69) is 10.3 Å². The number of carboxylic acid groups (broad SMARTS) is 1. The van der Waals surface area contributed by atoms with E-state index in [-0.39, 0.29) is 11.3 Å². The first-order chi connectivity index (χ1) is 14.4. The van der Waals surface area contributed by atoms with Crippen molar-refractivity contribution in [3.63, 3.8) is 0 Å². The molecule has 2 N–H and O–H groups in total. The largest absolute Gasteiger partial charge is 0.478 e. The van der Waals surface area contributed by atoms with Crippen molar-refractivity contribution in [3.05, 3.63) is 59.0 Å². The van der Waals surface area contributed by atoms with Gasteiger partial charge in [0.15, 0.2) is 0 Å². The zero-order valence-electron chi connectivity index (χ0n) is 15.6. The molecule has 1 atom stereocenters. The molecule has 1 aliphatic heterocycles. The van der Waals surface area contributed by atoms with Crippen LogP contribution in [0.15, 0.2) is 47.5 Å². The summed E-state index contributed by atoms with van der Waals surface area (Å²) in [5.41, 5.74) is 0.847. The first-order valence-corrected chi connectivity index (χ1v) is 10.6. The number of aromatic nitrogens is 1. The van der Waals surface area contributed by atoms with Crippen molar-refractivity contribution in [3.8, 4) is 0 Å². The Kier molecular flexibility index (Phi) is 5.96. The number of nitrogens with one attached hydrogen (secondary N) is 1. The molecule has 2 aromatic carbocycles. The number of carboxylic acids is 1. The van der Waals surface area contributed by atoms with Gasteiger partial charge in [0.1, 0.15) is 16.8 Å². The van der Waals surface area contributed by atoms with E-state index < -0.39 is 22.8 Å². The average Bonchev–Trinajstić information content (AvgIpc) is 2.74. The Morgan fingerprint density at radius 1 is 1.23 bits per heavy atom. The lowest BCUT2D eigenvalue weighted by Crippen LogP contribution is -2.37. The second-order valence-corrected chi connectivity index (χ2v) is 8.46. The molecule has 156 valence electrons. The summed E-state index contributed by atoms with van der Waals surface area (Å²) >= 11 is 6.17. The van der Waals surface area contributed by atoms with Gasteiger partial charge in [-0.2, -0.15) is 0 Å². The number of hydrogen-bond donors (Lipinski definition) is 2. The molecule has 0 radical (unpaired) electrons. The van der Waals surface area contributed by atoms with E-state index in [4.69, 9.17) is 16.3 Å². The van der Waals surface area contributed by atoms with Crippen molar-refractivity contribution in [1.82, 2.24) is 9.29 Å². The van der Waals surface area contributed by atoms with Crippen molar-refractivity contribution in [2.24, 2.45) is 0 Å². The van der Waals surface area contributed by atoms with E-state index in [9.17, 15) is 18.5 Å². The van der Waals surface area contributed by atoms with Gasteiger partial charge in [-0.25, -0.2) is 17.7 Å². The van der Waals surface area contributed by atoms with Crippen LogP contribution in [0.2, 0.25) is 5.02 Å². The molecule has 3 aromatic rings. The fourth-order valence-corrected chi connectivity index (χ4v) is 4.61. The van der Waals surface area contributed by atoms with Crippen LogP contribution >= 0.6 is 11.6 Å². The number of morpholine rings is 1. The quantitative estimate of drug-likeness (QED) is 0.615. The molecule has 1 aliphatic rings. The SMILES string of the molecule is O=C(O)c1ccc(F)cc1Nc1c(S(=O)N2CCOCC2)cnc2ccc(Cl)cc12. The minimum Gasteiger partial charge on any atom is -0.478 e. The Labute approximate surface area is 179 Å². The number of nitrogens with zero attached hydrogens (tertiary/aromatic N) is 2. The molecule has 0 aliphatic carbocycles. The Hall–Kier alpha value is -2.59. The molecular formula is C20H17ClFN3O4S. The minimum absolute atomic E-state index is 0.0372. The third kappa shape index (κ3) is 4.15. The highest BCUT2D eigenvalue weighted by Crippen LogP contribution is 2.35. The van der Waals surface area contributed by atoms with Crippen molar-refractivity contribution in [2.45, 2.75) is 4.90 Å². The maximum absolute atomic E-state index is 13.9. The number of benzene rings is 2. The number of anilines is 2. The number of pyridine rings is 1. The van der Waals surface area contributed by atoms with Gasteiger partial charge < -0.3 is 15.2 Å². The molecule has 30 heavy (non-hydrogen) atoms. The van der Waals surface area contributed by atoms with Crippen LogP contribution < -0.4 is 5.32 Å². The van der Waals surface area contributed by atoms with Crippen molar-refractivity contribution in [2.75, 3.05) is 31.6 Å². The van der Waals surface area contributed by atoms with E-state index in [0.717, 1.165) is 12.1 Å². The van der Waals surface area contributed by atoms with Gasteiger partial charge in [0.25, 0.3) is 0 Å². The summed E-state index contributed by atoms with van der Waals surface area (Å²) in [6.07, 6.45) is 1.48. The average molecular weight is 450 g/mol. The molecule has 1 unspecified atom stereocenters. The summed E-state index contributed by atoms with van der Waals surface area (Å²) in [5, 5.41) is 13.5. The third-order valence-corrected chi connectivity index (χ3v) is 6.41. The van der Waals surface area contributed by atoms with Crippen LogP contribution in [0.4, 0.5) is 15.8 Å². The van der Waals surface area contributed by atoms with E-state index in [1.54, 1.807) is 22.5 Å². The van der Waals surface area contributed by atoms with E-state index in [1.165, 1.54) is 12.3 Å². The lowest BCUT2D eigenvalue weighted by atomic mass is 10.1. The lowest BCUT2D eigenvalue weighted by molar-refractivity contribution is 0.0698. The second kappa shape index (κ2) is 8.65. The van der Waals surface area contributed by atoms with Gasteiger partial charge in [-0.3, -0.25) is 4.98 Å². The molecule has 7 nitrogen and oxygen atoms in total. The van der Waals surface area contributed by atoms with Crippen LogP contribution in [-0.4, -0.2) is 50.9 Å². The normalized spacial score (nSPS) is 15.8. The molecule has 1 fully saturated rings. The zero-order valence-corrected chi connectivity index (χ0v) is 17.2. The fraction of sp³-hybridized carbons (Fsp3) is 0.200. The third-order valence-electron chi connectivity index (χ3n) is 4.66. The Balaban J connectivity index is 1.88. The molecule has 2 heterocycles. The highest BCUT2D eigenvalue weighted by atomic mass is 35.5. The molecule has 0 spiro atoms. The van der Waals surface area contributed by atoms with Gasteiger partial charge in [0.2, 0.25) is 0 Å². The zero-order chi connectivity index (χ0) is 21.3. The van der Waals surface area contributed by atoms with Crippen molar-refractivity contribution >= 4 is 50.8 Å². The first kappa shape index (κ1) is 20.7. The monoisotopic (exact) mass is 449 g/mol. The van der Waals surface area contributed by atoms with Crippen LogP contribution in [0.5, 0.6) is 0 Å². The van der Waals surface area contributed by atoms with Gasteiger partial charge in [-0.15, -0.1) is 0 Å². The van der Waals surface area contributed by atoms with Crippen LogP contribution in [0.1, 0.15) is 10.4 Å². The maximum Gasteiger partial charge on any atom is 0.337 e. The molecular weight excluding hydrogens is 433 g/mol. The fourth-order valence-electron chi connectivity index (χ4n) is 3.20. The Morgan fingerprint density at radius 2 is 2.00 bits per heavy atom. The smallest absolute Gasteiger partial charge is 0.337 e. The van der Waals surface area contributed by atoms with E-state index in [1.807, 2.05) is 0 Å². The topological polar surface area (TPSA) is 91.8 Å². The first-order valence-electron chi connectivity index (χ1n) is 9.07. The molecule has 1 aromatic heterocycles. The molecule has 0 bridgehead atoms. The molecule has 4 rings (SSSR count). The highest BCUT2D eigenvalue weighted by molar-refractivity contribution is 7.82. The number of halogens is 2. The standard InChI is InChI=1S/C20H17ClFN3O4S/c21-12-1-4-16-15(9-12)19(24-17-10-13(22)2-3-14(17)20(26)27)18(11-23-16)30(28)25-5-7-29-8-6-25/h1-4,9-11H,5-8H2,(H,23,24)(H,26,27). The maximum atomic E-state index is 13.9. The van der Waals surface area contributed by atoms with E-state index in [0.29, 0.717) is 52.8 Å². The van der Waals surface area contributed by atoms with Gasteiger partial charge in [0.05, 0.1) is 40.6 Å². The summed E-state index contributed by atoms with van der Waals surface area (Å²) in [5.74, 6) is -1.82. The number of fused-ring (bicyclic) bond motifs is 1. The summed E-state index contributed by atoms with van der Waals surface area (Å²) in [6, 6.07) is 8.35. The molecule has 0 saturated carbocycles. The molecule has 0 amide bonds.